The van der Waals surface area contributed by atoms with Crippen LogP contribution < -0.4 is 0 Å². The van der Waals surface area contributed by atoms with Crippen molar-refractivity contribution in [3.05, 3.63) is 35.4 Å². The van der Waals surface area contributed by atoms with Crippen LogP contribution in [0.4, 0.5) is 0 Å². The monoisotopic (exact) mass is 264 g/mol. The van der Waals surface area contributed by atoms with Gasteiger partial charge in [0.1, 0.15) is 6.10 Å². The van der Waals surface area contributed by atoms with E-state index in [-0.39, 0.29) is 5.41 Å². The Balaban J connectivity index is 3.04. The minimum absolute atomic E-state index is 0.136. The molecule has 1 aromatic carbocycles. The van der Waals surface area contributed by atoms with Crippen LogP contribution in [0.2, 0.25) is 0 Å². The third-order valence-corrected chi connectivity index (χ3v) is 4.19. The van der Waals surface area contributed by atoms with Gasteiger partial charge in [-0.2, -0.15) is 0 Å². The van der Waals surface area contributed by atoms with Crippen LogP contribution in [-0.4, -0.2) is 17.8 Å². The summed E-state index contributed by atoms with van der Waals surface area (Å²) in [5, 5.41) is 10.6. The molecule has 1 unspecified atom stereocenters. The first-order chi connectivity index (χ1) is 8.80. The zero-order chi connectivity index (χ0) is 14.7. The highest BCUT2D eigenvalue weighted by atomic mass is 16.5. The van der Waals surface area contributed by atoms with E-state index in [0.29, 0.717) is 0 Å². The van der Waals surface area contributed by atoms with Gasteiger partial charge in [-0.15, -0.1) is 0 Å². The fourth-order valence-corrected chi connectivity index (χ4v) is 2.51. The maximum Gasteiger partial charge on any atom is 0.108 e. The molecule has 0 radical (unpaired) electrons. The molecular weight excluding hydrogens is 236 g/mol. The number of hydrogen-bond acceptors (Lipinski definition) is 2. The first kappa shape index (κ1) is 16.2. The largest absolute Gasteiger partial charge is 0.385 e. The van der Waals surface area contributed by atoms with Crippen molar-refractivity contribution in [1.82, 2.24) is 0 Å². The Kier molecular flexibility index (Phi) is 5.17. The third kappa shape index (κ3) is 3.37. The van der Waals surface area contributed by atoms with Gasteiger partial charge in [-0.3, -0.25) is 0 Å². The maximum atomic E-state index is 10.6. The van der Waals surface area contributed by atoms with Gasteiger partial charge in [-0.25, -0.2) is 0 Å². The first-order valence-electron chi connectivity index (χ1n) is 7.14. The fourth-order valence-electron chi connectivity index (χ4n) is 2.51. The lowest BCUT2D eigenvalue weighted by Crippen LogP contribution is -2.37. The van der Waals surface area contributed by atoms with Crippen LogP contribution in [0, 0.1) is 0 Å². The number of ether oxygens (including phenoxy) is 1. The van der Waals surface area contributed by atoms with Crippen molar-refractivity contribution >= 4 is 0 Å². The summed E-state index contributed by atoms with van der Waals surface area (Å²) in [5.41, 5.74) is 1.86. The van der Waals surface area contributed by atoms with Crippen LogP contribution in [0.3, 0.4) is 0 Å². The number of benzene rings is 1. The summed E-state index contributed by atoms with van der Waals surface area (Å²) in [7, 11) is 1.68. The second-order valence-corrected chi connectivity index (χ2v) is 6.25. The molecule has 0 bridgehead atoms. The molecule has 1 atom stereocenters. The van der Waals surface area contributed by atoms with Crippen molar-refractivity contribution in [2.75, 3.05) is 7.11 Å². The molecule has 108 valence electrons. The lowest BCUT2D eigenvalue weighted by atomic mass is 9.83. The molecule has 0 heterocycles. The van der Waals surface area contributed by atoms with Crippen molar-refractivity contribution in [2.45, 2.75) is 64.6 Å². The van der Waals surface area contributed by atoms with E-state index >= 15 is 0 Å². The first-order valence-corrected chi connectivity index (χ1v) is 7.14. The zero-order valence-electron chi connectivity index (χ0n) is 13.2. The molecule has 0 aliphatic carbocycles. The van der Waals surface area contributed by atoms with E-state index in [4.69, 9.17) is 4.74 Å². The summed E-state index contributed by atoms with van der Waals surface area (Å²) in [6.45, 7) is 10.7. The predicted molar refractivity (Wildman–Crippen MR) is 80.4 cm³/mol. The minimum Gasteiger partial charge on any atom is -0.385 e. The molecule has 1 N–H and O–H groups in total. The van der Waals surface area contributed by atoms with Gasteiger partial charge in [0.2, 0.25) is 0 Å². The second kappa shape index (κ2) is 6.06. The molecule has 0 aromatic heterocycles. The molecule has 0 fully saturated rings. The third-order valence-electron chi connectivity index (χ3n) is 4.19. The maximum absolute atomic E-state index is 10.6. The zero-order valence-corrected chi connectivity index (χ0v) is 13.2. The molecule has 1 aromatic rings. The Morgan fingerprint density at radius 2 is 1.53 bits per heavy atom. The molecule has 0 saturated heterocycles. The van der Waals surface area contributed by atoms with Crippen LogP contribution in [0.15, 0.2) is 24.3 Å². The van der Waals surface area contributed by atoms with Gasteiger partial charge >= 0.3 is 0 Å². The van der Waals surface area contributed by atoms with Gasteiger partial charge < -0.3 is 9.84 Å². The van der Waals surface area contributed by atoms with Gasteiger partial charge in [-0.05, 0) is 29.4 Å². The Labute approximate surface area is 117 Å². The predicted octanol–water partition coefficient (Wildman–Crippen LogP) is 4.22. The molecule has 0 saturated carbocycles. The summed E-state index contributed by atoms with van der Waals surface area (Å²) in [6, 6.07) is 8.24. The van der Waals surface area contributed by atoms with E-state index in [2.05, 4.69) is 46.8 Å². The van der Waals surface area contributed by atoms with E-state index in [0.717, 1.165) is 18.4 Å². The molecular formula is C17H28O2. The minimum atomic E-state index is -0.582. The molecule has 2 heteroatoms. The topological polar surface area (TPSA) is 29.5 Å². The number of aliphatic hydroxyl groups is 1. The van der Waals surface area contributed by atoms with E-state index in [1.165, 1.54) is 5.56 Å². The summed E-state index contributed by atoms with van der Waals surface area (Å²) in [4.78, 5) is 0. The van der Waals surface area contributed by atoms with E-state index in [1.807, 2.05) is 12.1 Å². The highest BCUT2D eigenvalue weighted by molar-refractivity contribution is 5.29. The summed E-state index contributed by atoms with van der Waals surface area (Å²) in [6.07, 6.45) is 1.01. The molecule has 2 nitrogen and oxygen atoms in total. The Hall–Kier alpha value is -0.860. The number of hydrogen-bond donors (Lipinski definition) is 1. The van der Waals surface area contributed by atoms with Gasteiger partial charge in [0.25, 0.3) is 0 Å². The second-order valence-electron chi connectivity index (χ2n) is 6.25. The van der Waals surface area contributed by atoms with Crippen LogP contribution in [0.5, 0.6) is 0 Å². The molecule has 19 heavy (non-hydrogen) atoms. The summed E-state index contributed by atoms with van der Waals surface area (Å²) < 4.78 is 5.60. The van der Waals surface area contributed by atoms with Gasteiger partial charge in [0, 0.05) is 7.11 Å². The van der Waals surface area contributed by atoms with Crippen molar-refractivity contribution in [2.24, 2.45) is 0 Å². The summed E-state index contributed by atoms with van der Waals surface area (Å²) >= 11 is 0. The standard InChI is InChI=1S/C17H28O2/c1-7-17(8-2,19-6)15(18)13-9-11-14(12-10-13)16(3,4)5/h9-12,15,18H,7-8H2,1-6H3. The van der Waals surface area contributed by atoms with Crippen LogP contribution >= 0.6 is 0 Å². The number of aliphatic hydroxyl groups excluding tert-OH is 1. The molecule has 0 spiro atoms. The highest BCUT2D eigenvalue weighted by Gasteiger charge is 2.35. The van der Waals surface area contributed by atoms with Crippen LogP contribution in [0.1, 0.15) is 64.7 Å². The molecule has 0 amide bonds. The van der Waals surface area contributed by atoms with Gasteiger partial charge in [0.05, 0.1) is 5.60 Å². The SMILES string of the molecule is CCC(CC)(OC)C(O)c1ccc(C(C)(C)C)cc1. The molecule has 1 rings (SSSR count). The highest BCUT2D eigenvalue weighted by Crippen LogP contribution is 2.35. The van der Waals surface area contributed by atoms with Crippen molar-refractivity contribution < 1.29 is 9.84 Å². The van der Waals surface area contributed by atoms with E-state index in [1.54, 1.807) is 7.11 Å². The average molecular weight is 264 g/mol. The van der Waals surface area contributed by atoms with Crippen LogP contribution in [-0.2, 0) is 10.2 Å². The lowest BCUT2D eigenvalue weighted by Gasteiger charge is -2.35. The molecule has 0 aliphatic heterocycles. The number of rotatable bonds is 5. The fraction of sp³-hybridized carbons (Fsp3) is 0.647. The van der Waals surface area contributed by atoms with Crippen LogP contribution in [0.25, 0.3) is 0 Å². The summed E-state index contributed by atoms with van der Waals surface area (Å²) in [5.74, 6) is 0. The Morgan fingerprint density at radius 3 is 1.84 bits per heavy atom. The van der Waals surface area contributed by atoms with E-state index in [9.17, 15) is 5.11 Å². The lowest BCUT2D eigenvalue weighted by molar-refractivity contribution is -0.109. The Morgan fingerprint density at radius 1 is 1.05 bits per heavy atom. The van der Waals surface area contributed by atoms with Crippen molar-refractivity contribution in [1.29, 1.82) is 0 Å². The quantitative estimate of drug-likeness (QED) is 0.862. The van der Waals surface area contributed by atoms with Crippen molar-refractivity contribution in [3.63, 3.8) is 0 Å². The van der Waals surface area contributed by atoms with Gasteiger partial charge in [0.15, 0.2) is 0 Å². The normalized spacial score (nSPS) is 14.5. The number of methoxy groups -OCH3 is 1. The Bertz CT molecular complexity index is 374. The van der Waals surface area contributed by atoms with E-state index < -0.39 is 11.7 Å². The molecule has 0 aliphatic rings. The van der Waals surface area contributed by atoms with Crippen molar-refractivity contribution in [3.8, 4) is 0 Å². The van der Waals surface area contributed by atoms with Gasteiger partial charge in [-0.1, -0.05) is 58.9 Å². The smallest absolute Gasteiger partial charge is 0.108 e. The average Bonchev–Trinajstić information content (AvgIpc) is 2.40.